The first-order valence-electron chi connectivity index (χ1n) is 3.42. The molecule has 14 heavy (non-hydrogen) atoms. The van der Waals surface area contributed by atoms with Crippen LogP contribution in [0.4, 0.5) is 0 Å². The number of carbonyl (C=O) groups is 2. The van der Waals surface area contributed by atoms with Crippen LogP contribution in [0.15, 0.2) is 0 Å². The number of amides is 1. The zero-order chi connectivity index (χ0) is 11.4. The molecule has 0 aromatic carbocycles. The van der Waals surface area contributed by atoms with E-state index in [0.717, 1.165) is 0 Å². The molecule has 8 nitrogen and oxygen atoms in total. The molecule has 0 aliphatic rings. The van der Waals surface area contributed by atoms with E-state index < -0.39 is 40.3 Å². The molecule has 82 valence electrons. The van der Waals surface area contributed by atoms with Gasteiger partial charge in [-0.1, -0.05) is 0 Å². The summed E-state index contributed by atoms with van der Waals surface area (Å²) in [6, 6.07) is -1.39. The predicted octanol–water partition coefficient (Wildman–Crippen LogP) is -2.25. The molecular formula is C5H10N2O6S. The van der Waals surface area contributed by atoms with Gasteiger partial charge >= 0.3 is 5.97 Å². The largest absolute Gasteiger partial charge is 0.480 e. The van der Waals surface area contributed by atoms with Crippen molar-refractivity contribution in [2.75, 3.05) is 5.88 Å². The predicted molar refractivity (Wildman–Crippen MR) is 44.8 cm³/mol. The number of nitrogens with two attached hydrogens (primary N) is 1. The van der Waals surface area contributed by atoms with Crippen molar-refractivity contribution in [2.45, 2.75) is 12.5 Å². The van der Waals surface area contributed by atoms with E-state index in [0.29, 0.717) is 0 Å². The minimum atomic E-state index is -4.30. The molecule has 1 amide bonds. The van der Waals surface area contributed by atoms with Gasteiger partial charge in [0, 0.05) is 0 Å². The molecule has 0 saturated carbocycles. The lowest BCUT2D eigenvalue weighted by Crippen LogP contribution is -2.38. The maximum absolute atomic E-state index is 10.8. The maximum atomic E-state index is 10.8. The molecule has 0 aromatic heterocycles. The SMILES string of the molecule is N[C@H](CC(=O)NCS(=O)(=O)O)C(=O)O. The van der Waals surface area contributed by atoms with Crippen LogP contribution in [0.2, 0.25) is 0 Å². The van der Waals surface area contributed by atoms with E-state index in [1.54, 1.807) is 5.32 Å². The van der Waals surface area contributed by atoms with Gasteiger partial charge in [-0.05, 0) is 0 Å². The molecule has 0 aromatic rings. The summed E-state index contributed by atoms with van der Waals surface area (Å²) in [6.45, 7) is 0. The van der Waals surface area contributed by atoms with Crippen molar-refractivity contribution >= 4 is 22.0 Å². The van der Waals surface area contributed by atoms with Gasteiger partial charge in [0.1, 0.15) is 11.9 Å². The fourth-order valence-electron chi connectivity index (χ4n) is 0.531. The Morgan fingerprint density at radius 2 is 1.93 bits per heavy atom. The van der Waals surface area contributed by atoms with Crippen molar-refractivity contribution in [1.82, 2.24) is 5.32 Å². The molecule has 9 heteroatoms. The third-order valence-corrected chi connectivity index (χ3v) is 1.68. The third-order valence-electron chi connectivity index (χ3n) is 1.17. The highest BCUT2D eigenvalue weighted by Crippen LogP contribution is 1.88. The minimum absolute atomic E-state index is 0.551. The van der Waals surface area contributed by atoms with Crippen LogP contribution in [0.25, 0.3) is 0 Å². The Kier molecular flexibility index (Phi) is 4.47. The summed E-state index contributed by atoms with van der Waals surface area (Å²) in [7, 11) is -4.30. The Morgan fingerprint density at radius 1 is 1.43 bits per heavy atom. The summed E-state index contributed by atoms with van der Waals surface area (Å²) in [5.41, 5.74) is 4.98. The van der Waals surface area contributed by atoms with E-state index in [1.807, 2.05) is 0 Å². The number of nitrogens with one attached hydrogen (secondary N) is 1. The van der Waals surface area contributed by atoms with Gasteiger partial charge < -0.3 is 16.2 Å². The Morgan fingerprint density at radius 3 is 2.29 bits per heavy atom. The van der Waals surface area contributed by atoms with Crippen LogP contribution < -0.4 is 11.1 Å². The Labute approximate surface area is 79.8 Å². The summed E-state index contributed by atoms with van der Waals surface area (Å²) in [6.07, 6.45) is -0.551. The van der Waals surface area contributed by atoms with E-state index >= 15 is 0 Å². The molecule has 0 saturated heterocycles. The summed E-state index contributed by atoms with van der Waals surface area (Å²) < 4.78 is 28.5. The summed E-state index contributed by atoms with van der Waals surface area (Å²) in [4.78, 5) is 20.9. The van der Waals surface area contributed by atoms with Crippen LogP contribution >= 0.6 is 0 Å². The second kappa shape index (κ2) is 4.88. The first kappa shape index (κ1) is 12.8. The first-order chi connectivity index (χ1) is 6.22. The topological polar surface area (TPSA) is 147 Å². The summed E-state index contributed by atoms with van der Waals surface area (Å²) in [5.74, 6) is -3.19. The van der Waals surface area contributed by atoms with Crippen LogP contribution in [0, 0.1) is 0 Å². The first-order valence-corrected chi connectivity index (χ1v) is 5.03. The molecule has 1 atom stereocenters. The average Bonchev–Trinajstić information content (AvgIpc) is 1.99. The molecule has 0 aliphatic heterocycles. The third kappa shape index (κ3) is 6.34. The van der Waals surface area contributed by atoms with Gasteiger partial charge in [-0.15, -0.1) is 0 Å². The number of carboxylic acid groups (broad SMARTS) is 1. The molecule has 0 aliphatic carbocycles. The average molecular weight is 226 g/mol. The highest BCUT2D eigenvalue weighted by Gasteiger charge is 2.17. The molecule has 0 radical (unpaired) electrons. The van der Waals surface area contributed by atoms with Crippen LogP contribution in [-0.4, -0.2) is 41.9 Å². The monoisotopic (exact) mass is 226 g/mol. The summed E-state index contributed by atoms with van der Waals surface area (Å²) >= 11 is 0. The van der Waals surface area contributed by atoms with Crippen LogP contribution in [0.1, 0.15) is 6.42 Å². The Bertz CT molecular complexity index is 323. The van der Waals surface area contributed by atoms with Gasteiger partial charge in [-0.3, -0.25) is 14.1 Å². The normalized spacial score (nSPS) is 13.3. The van der Waals surface area contributed by atoms with Crippen molar-refractivity contribution < 1.29 is 27.7 Å². The van der Waals surface area contributed by atoms with Crippen molar-refractivity contribution in [3.8, 4) is 0 Å². The zero-order valence-corrected chi connectivity index (χ0v) is 7.82. The quantitative estimate of drug-likeness (QED) is 0.387. The summed E-state index contributed by atoms with van der Waals surface area (Å²) in [5, 5.41) is 10.1. The van der Waals surface area contributed by atoms with E-state index in [2.05, 4.69) is 0 Å². The molecule has 0 bridgehead atoms. The number of carboxylic acids is 1. The number of aliphatic carboxylic acids is 1. The lowest BCUT2D eigenvalue weighted by molar-refractivity contribution is -0.140. The highest BCUT2D eigenvalue weighted by molar-refractivity contribution is 7.85. The molecule has 0 unspecified atom stereocenters. The van der Waals surface area contributed by atoms with Gasteiger partial charge in [-0.25, -0.2) is 0 Å². The number of hydrogen-bond acceptors (Lipinski definition) is 5. The molecule has 0 spiro atoms. The van der Waals surface area contributed by atoms with E-state index in [9.17, 15) is 18.0 Å². The maximum Gasteiger partial charge on any atom is 0.321 e. The van der Waals surface area contributed by atoms with E-state index in [1.165, 1.54) is 0 Å². The van der Waals surface area contributed by atoms with Gasteiger partial charge in [0.2, 0.25) is 5.91 Å². The smallest absolute Gasteiger partial charge is 0.321 e. The fourth-order valence-corrected chi connectivity index (χ4v) is 0.874. The van der Waals surface area contributed by atoms with Crippen molar-refractivity contribution in [2.24, 2.45) is 5.73 Å². The van der Waals surface area contributed by atoms with Gasteiger partial charge in [0.15, 0.2) is 0 Å². The highest BCUT2D eigenvalue weighted by atomic mass is 32.2. The van der Waals surface area contributed by atoms with Gasteiger partial charge in [0.25, 0.3) is 10.1 Å². The number of carbonyl (C=O) groups excluding carboxylic acids is 1. The Balaban J connectivity index is 3.95. The second-order valence-electron chi connectivity index (χ2n) is 2.48. The lowest BCUT2D eigenvalue weighted by atomic mass is 10.2. The van der Waals surface area contributed by atoms with Gasteiger partial charge in [0.05, 0.1) is 6.42 Å². The van der Waals surface area contributed by atoms with Crippen molar-refractivity contribution in [3.05, 3.63) is 0 Å². The minimum Gasteiger partial charge on any atom is -0.480 e. The lowest BCUT2D eigenvalue weighted by Gasteiger charge is -2.05. The number of rotatable bonds is 5. The molecule has 0 rings (SSSR count). The standard InChI is InChI=1S/C5H10N2O6S/c6-3(5(9)10)1-4(8)7-2-14(11,12)13/h3H,1-2,6H2,(H,7,8)(H,9,10)(H,11,12,13)/t3-/m1/s1. The molecule has 5 N–H and O–H groups in total. The zero-order valence-electron chi connectivity index (χ0n) is 7.00. The van der Waals surface area contributed by atoms with E-state index in [4.69, 9.17) is 15.4 Å². The molecular weight excluding hydrogens is 216 g/mol. The van der Waals surface area contributed by atoms with Crippen molar-refractivity contribution in [3.63, 3.8) is 0 Å². The van der Waals surface area contributed by atoms with Crippen LogP contribution in [-0.2, 0) is 19.7 Å². The molecule has 0 heterocycles. The van der Waals surface area contributed by atoms with E-state index in [-0.39, 0.29) is 0 Å². The second-order valence-corrected chi connectivity index (χ2v) is 3.93. The van der Waals surface area contributed by atoms with Crippen LogP contribution in [0.3, 0.4) is 0 Å². The van der Waals surface area contributed by atoms with Crippen LogP contribution in [0.5, 0.6) is 0 Å². The van der Waals surface area contributed by atoms with Crippen molar-refractivity contribution in [1.29, 1.82) is 0 Å². The Hall–Kier alpha value is -1.19. The fraction of sp³-hybridized carbons (Fsp3) is 0.600. The number of hydrogen-bond donors (Lipinski definition) is 4. The molecule has 0 fully saturated rings. The van der Waals surface area contributed by atoms with Gasteiger partial charge in [-0.2, -0.15) is 8.42 Å².